The summed E-state index contributed by atoms with van der Waals surface area (Å²) >= 11 is 0. The zero-order chi connectivity index (χ0) is 14.4. The number of nitrogens with zero attached hydrogens (tertiary/aromatic N) is 3. The summed E-state index contributed by atoms with van der Waals surface area (Å²) < 4.78 is 10.9. The molecule has 0 saturated carbocycles. The van der Waals surface area contributed by atoms with E-state index in [0.717, 1.165) is 24.5 Å². The third-order valence-corrected chi connectivity index (χ3v) is 3.27. The minimum Gasteiger partial charge on any atom is -0.492 e. The lowest BCUT2D eigenvalue weighted by atomic mass is 10.3. The van der Waals surface area contributed by atoms with Crippen molar-refractivity contribution in [2.75, 3.05) is 20.2 Å². The van der Waals surface area contributed by atoms with Crippen LogP contribution in [-0.2, 0) is 6.42 Å². The Labute approximate surface area is 119 Å². The highest BCUT2D eigenvalue weighted by atomic mass is 16.5. The maximum Gasteiger partial charge on any atom is 0.243 e. The SMILES string of the molecule is CCc1noc(C(C)N(C)CCOc2ccccc2)n1. The van der Waals surface area contributed by atoms with Gasteiger partial charge in [-0.1, -0.05) is 30.3 Å². The molecule has 5 heteroatoms. The summed E-state index contributed by atoms with van der Waals surface area (Å²) in [6.45, 7) is 5.48. The molecule has 0 bridgehead atoms. The fraction of sp³-hybridized carbons (Fsp3) is 0.467. The van der Waals surface area contributed by atoms with Gasteiger partial charge in [-0.2, -0.15) is 4.98 Å². The monoisotopic (exact) mass is 275 g/mol. The lowest BCUT2D eigenvalue weighted by Gasteiger charge is -2.21. The molecule has 5 nitrogen and oxygen atoms in total. The molecule has 0 amide bonds. The van der Waals surface area contributed by atoms with Gasteiger partial charge in [0.05, 0.1) is 6.04 Å². The van der Waals surface area contributed by atoms with Crippen LogP contribution < -0.4 is 4.74 Å². The summed E-state index contributed by atoms with van der Waals surface area (Å²) in [5.41, 5.74) is 0. The van der Waals surface area contributed by atoms with Gasteiger partial charge < -0.3 is 9.26 Å². The number of hydrogen-bond acceptors (Lipinski definition) is 5. The van der Waals surface area contributed by atoms with E-state index in [2.05, 4.69) is 22.0 Å². The van der Waals surface area contributed by atoms with Crippen LogP contribution in [0.5, 0.6) is 5.75 Å². The first-order valence-corrected chi connectivity index (χ1v) is 6.91. The van der Waals surface area contributed by atoms with Gasteiger partial charge in [0.15, 0.2) is 5.82 Å². The normalized spacial score (nSPS) is 12.6. The second-order valence-electron chi connectivity index (χ2n) is 4.72. The molecule has 20 heavy (non-hydrogen) atoms. The summed E-state index contributed by atoms with van der Waals surface area (Å²) in [6, 6.07) is 9.90. The molecule has 0 saturated heterocycles. The van der Waals surface area contributed by atoms with Crippen molar-refractivity contribution in [1.29, 1.82) is 0 Å². The number of ether oxygens (including phenoxy) is 1. The number of hydrogen-bond donors (Lipinski definition) is 0. The van der Waals surface area contributed by atoms with Crippen molar-refractivity contribution >= 4 is 0 Å². The van der Waals surface area contributed by atoms with E-state index in [1.807, 2.05) is 44.3 Å². The van der Waals surface area contributed by atoms with Crippen LogP contribution in [0.2, 0.25) is 0 Å². The average Bonchev–Trinajstić information content (AvgIpc) is 2.96. The van der Waals surface area contributed by atoms with Crippen LogP contribution >= 0.6 is 0 Å². The first-order valence-electron chi connectivity index (χ1n) is 6.91. The highest BCUT2D eigenvalue weighted by molar-refractivity contribution is 5.20. The molecule has 0 N–H and O–H groups in total. The molecule has 0 fully saturated rings. The van der Waals surface area contributed by atoms with Crippen LogP contribution in [0.15, 0.2) is 34.9 Å². The molecule has 2 aromatic rings. The van der Waals surface area contributed by atoms with Gasteiger partial charge >= 0.3 is 0 Å². The molecule has 0 spiro atoms. The molecule has 1 aromatic heterocycles. The van der Waals surface area contributed by atoms with Gasteiger partial charge in [0, 0.05) is 13.0 Å². The average molecular weight is 275 g/mol. The highest BCUT2D eigenvalue weighted by Gasteiger charge is 2.18. The Morgan fingerprint density at radius 3 is 2.70 bits per heavy atom. The number of aromatic nitrogens is 2. The van der Waals surface area contributed by atoms with Gasteiger partial charge in [-0.05, 0) is 26.1 Å². The van der Waals surface area contributed by atoms with Crippen LogP contribution in [0.1, 0.15) is 31.6 Å². The van der Waals surface area contributed by atoms with E-state index in [4.69, 9.17) is 9.26 Å². The molecule has 0 aliphatic rings. The minimum absolute atomic E-state index is 0.0853. The molecule has 2 rings (SSSR count). The number of likely N-dealkylation sites (N-methyl/N-ethyl adjacent to an activating group) is 1. The third-order valence-electron chi connectivity index (χ3n) is 3.27. The van der Waals surface area contributed by atoms with Crippen molar-refractivity contribution in [2.24, 2.45) is 0 Å². The Kier molecular flexibility index (Phi) is 5.12. The van der Waals surface area contributed by atoms with Crippen molar-refractivity contribution in [3.63, 3.8) is 0 Å². The Morgan fingerprint density at radius 2 is 2.05 bits per heavy atom. The second-order valence-corrected chi connectivity index (χ2v) is 4.72. The van der Waals surface area contributed by atoms with Gasteiger partial charge in [0.25, 0.3) is 0 Å². The zero-order valence-corrected chi connectivity index (χ0v) is 12.2. The fourth-order valence-corrected chi connectivity index (χ4v) is 1.79. The molecule has 108 valence electrons. The standard InChI is InChI=1S/C15H21N3O2/c1-4-14-16-15(20-17-14)12(2)18(3)10-11-19-13-8-6-5-7-9-13/h5-9,12H,4,10-11H2,1-3H3. The minimum atomic E-state index is 0.0853. The van der Waals surface area contributed by atoms with E-state index >= 15 is 0 Å². The second kappa shape index (κ2) is 7.05. The Morgan fingerprint density at radius 1 is 1.30 bits per heavy atom. The van der Waals surface area contributed by atoms with E-state index in [1.54, 1.807) is 0 Å². The molecule has 0 aliphatic heterocycles. The van der Waals surface area contributed by atoms with Crippen molar-refractivity contribution in [2.45, 2.75) is 26.3 Å². The zero-order valence-electron chi connectivity index (χ0n) is 12.2. The number of rotatable bonds is 7. The predicted molar refractivity (Wildman–Crippen MR) is 76.7 cm³/mol. The van der Waals surface area contributed by atoms with E-state index in [-0.39, 0.29) is 6.04 Å². The van der Waals surface area contributed by atoms with E-state index in [0.29, 0.717) is 12.5 Å². The molecule has 1 aromatic carbocycles. The molecule has 1 heterocycles. The lowest BCUT2D eigenvalue weighted by molar-refractivity contribution is 0.174. The molecule has 0 aliphatic carbocycles. The smallest absolute Gasteiger partial charge is 0.243 e. The Balaban J connectivity index is 1.80. The first-order chi connectivity index (χ1) is 9.70. The molecule has 1 unspecified atom stereocenters. The predicted octanol–water partition coefficient (Wildman–Crippen LogP) is 2.70. The summed E-state index contributed by atoms with van der Waals surface area (Å²) in [5, 5.41) is 3.92. The Hall–Kier alpha value is -1.88. The quantitative estimate of drug-likeness (QED) is 0.777. The summed E-state index contributed by atoms with van der Waals surface area (Å²) in [5.74, 6) is 2.30. The van der Waals surface area contributed by atoms with Gasteiger partial charge in [-0.25, -0.2) is 0 Å². The largest absolute Gasteiger partial charge is 0.492 e. The summed E-state index contributed by atoms with van der Waals surface area (Å²) in [7, 11) is 2.02. The van der Waals surface area contributed by atoms with E-state index in [9.17, 15) is 0 Å². The van der Waals surface area contributed by atoms with Crippen LogP contribution in [0, 0.1) is 0 Å². The van der Waals surface area contributed by atoms with Crippen molar-refractivity contribution in [3.05, 3.63) is 42.0 Å². The van der Waals surface area contributed by atoms with Crippen molar-refractivity contribution in [3.8, 4) is 5.75 Å². The molecular weight excluding hydrogens is 254 g/mol. The topological polar surface area (TPSA) is 51.4 Å². The van der Waals surface area contributed by atoms with Gasteiger partial charge in [-0.15, -0.1) is 0 Å². The van der Waals surface area contributed by atoms with Crippen molar-refractivity contribution in [1.82, 2.24) is 15.0 Å². The van der Waals surface area contributed by atoms with Crippen molar-refractivity contribution < 1.29 is 9.26 Å². The van der Waals surface area contributed by atoms with Gasteiger partial charge in [0.1, 0.15) is 12.4 Å². The summed E-state index contributed by atoms with van der Waals surface area (Å²) in [6.07, 6.45) is 0.789. The lowest BCUT2D eigenvalue weighted by Crippen LogP contribution is -2.27. The van der Waals surface area contributed by atoms with E-state index < -0.39 is 0 Å². The van der Waals surface area contributed by atoms with Crippen LogP contribution in [0.3, 0.4) is 0 Å². The Bertz CT molecular complexity index is 513. The molecule has 1 atom stereocenters. The first kappa shape index (κ1) is 14.5. The fourth-order valence-electron chi connectivity index (χ4n) is 1.79. The number of para-hydroxylation sites is 1. The van der Waals surface area contributed by atoms with Crippen LogP contribution in [0.4, 0.5) is 0 Å². The maximum atomic E-state index is 5.68. The van der Waals surface area contributed by atoms with Gasteiger partial charge in [0.2, 0.25) is 5.89 Å². The van der Waals surface area contributed by atoms with Crippen LogP contribution in [0.25, 0.3) is 0 Å². The number of aryl methyl sites for hydroxylation is 1. The highest BCUT2D eigenvalue weighted by Crippen LogP contribution is 2.16. The third kappa shape index (κ3) is 3.81. The summed E-state index contributed by atoms with van der Waals surface area (Å²) in [4.78, 5) is 6.49. The van der Waals surface area contributed by atoms with E-state index in [1.165, 1.54) is 0 Å². The van der Waals surface area contributed by atoms with Crippen LogP contribution in [-0.4, -0.2) is 35.2 Å². The maximum absolute atomic E-state index is 5.68. The molecular formula is C15H21N3O2. The van der Waals surface area contributed by atoms with Gasteiger partial charge in [-0.3, -0.25) is 4.90 Å². The molecule has 0 radical (unpaired) electrons. The number of benzene rings is 1.